The fourth-order valence-electron chi connectivity index (χ4n) is 3.82. The van der Waals surface area contributed by atoms with E-state index in [2.05, 4.69) is 16.3 Å². The van der Waals surface area contributed by atoms with Crippen molar-refractivity contribution >= 4 is 23.2 Å². The molecule has 0 spiro atoms. The predicted octanol–water partition coefficient (Wildman–Crippen LogP) is 3.71. The van der Waals surface area contributed by atoms with Gasteiger partial charge in [0.1, 0.15) is 5.82 Å². The lowest BCUT2D eigenvalue weighted by atomic mass is 9.97. The second kappa shape index (κ2) is 9.02. The Bertz CT molecular complexity index is 732. The number of rotatable bonds is 4. The van der Waals surface area contributed by atoms with Gasteiger partial charge in [-0.25, -0.2) is 4.39 Å². The maximum Gasteiger partial charge on any atom is 0.228 e. The zero-order valence-corrected chi connectivity index (χ0v) is 16.0. The number of amides is 2. The number of carbonyl (C=O) groups excluding carboxylic acids is 2. The molecule has 0 saturated carbocycles. The molecule has 1 aromatic carbocycles. The van der Waals surface area contributed by atoms with Gasteiger partial charge in [-0.2, -0.15) is 0 Å². The summed E-state index contributed by atoms with van der Waals surface area (Å²) >= 11 is 0. The summed E-state index contributed by atoms with van der Waals surface area (Å²) in [5.74, 6) is -0.397. The van der Waals surface area contributed by atoms with Crippen LogP contribution in [-0.4, -0.2) is 42.9 Å². The molecule has 2 aliphatic rings. The van der Waals surface area contributed by atoms with Gasteiger partial charge in [0, 0.05) is 39.5 Å². The zero-order valence-electron chi connectivity index (χ0n) is 16.0. The van der Waals surface area contributed by atoms with Crippen LogP contribution < -0.4 is 10.2 Å². The Labute approximate surface area is 160 Å². The number of nitrogens with zero attached hydrogens (tertiary/aromatic N) is 2. The molecule has 5 nitrogen and oxygen atoms in total. The molecule has 6 heteroatoms. The third-order valence-corrected chi connectivity index (χ3v) is 5.29. The van der Waals surface area contributed by atoms with Crippen LogP contribution in [0.3, 0.4) is 0 Å². The summed E-state index contributed by atoms with van der Waals surface area (Å²) in [7, 11) is 0. The highest BCUT2D eigenvalue weighted by atomic mass is 19.1. The minimum atomic E-state index is -0.369. The molecule has 1 heterocycles. The predicted molar refractivity (Wildman–Crippen MR) is 105 cm³/mol. The van der Waals surface area contributed by atoms with Crippen molar-refractivity contribution in [1.29, 1.82) is 0 Å². The molecule has 1 aliphatic heterocycles. The van der Waals surface area contributed by atoms with E-state index in [1.807, 2.05) is 4.90 Å². The van der Waals surface area contributed by atoms with E-state index in [0.29, 0.717) is 25.2 Å². The summed E-state index contributed by atoms with van der Waals surface area (Å²) in [6, 6.07) is 4.52. The van der Waals surface area contributed by atoms with Gasteiger partial charge in [0.05, 0.1) is 11.4 Å². The summed E-state index contributed by atoms with van der Waals surface area (Å²) in [5, 5.41) is 2.91. The summed E-state index contributed by atoms with van der Waals surface area (Å²) in [5.41, 5.74) is 2.49. The molecule has 1 fully saturated rings. The Kier molecular flexibility index (Phi) is 6.48. The van der Waals surface area contributed by atoms with Gasteiger partial charge in [-0.3, -0.25) is 9.59 Å². The number of benzene rings is 1. The Balaban J connectivity index is 1.71. The fourth-order valence-corrected chi connectivity index (χ4v) is 3.82. The lowest BCUT2D eigenvalue weighted by molar-refractivity contribution is -0.128. The first-order chi connectivity index (χ1) is 13.0. The van der Waals surface area contributed by atoms with Crippen LogP contribution in [0.1, 0.15) is 45.4 Å². The second-order valence-electron chi connectivity index (χ2n) is 7.34. The maximum atomic E-state index is 13.8. The molecule has 2 amide bonds. The van der Waals surface area contributed by atoms with E-state index >= 15 is 0 Å². The van der Waals surface area contributed by atoms with Crippen LogP contribution in [0.2, 0.25) is 0 Å². The summed E-state index contributed by atoms with van der Waals surface area (Å²) in [6.07, 6.45) is 7.69. The molecule has 1 aromatic rings. The number of hydrogen-bond acceptors (Lipinski definition) is 3. The Morgan fingerprint density at radius 2 is 1.96 bits per heavy atom. The summed E-state index contributed by atoms with van der Waals surface area (Å²) < 4.78 is 13.8. The van der Waals surface area contributed by atoms with Crippen molar-refractivity contribution in [3.05, 3.63) is 35.7 Å². The summed E-state index contributed by atoms with van der Waals surface area (Å²) in [4.78, 5) is 28.1. The van der Waals surface area contributed by atoms with Crippen molar-refractivity contribution in [3.63, 3.8) is 0 Å². The van der Waals surface area contributed by atoms with Crippen molar-refractivity contribution in [3.8, 4) is 0 Å². The number of hydrogen-bond donors (Lipinski definition) is 1. The molecule has 1 aliphatic carbocycles. The van der Waals surface area contributed by atoms with Crippen LogP contribution >= 0.6 is 0 Å². The molecular formula is C21H28FN3O2. The first kappa shape index (κ1) is 19.4. The fraction of sp³-hybridized carbons (Fsp3) is 0.524. The number of halogens is 1. The van der Waals surface area contributed by atoms with Gasteiger partial charge in [-0.05, 0) is 50.3 Å². The molecule has 27 heavy (non-hydrogen) atoms. The lowest BCUT2D eigenvalue weighted by Crippen LogP contribution is -2.34. The summed E-state index contributed by atoms with van der Waals surface area (Å²) in [6.45, 7) is 4.37. The standard InChI is InChI=1S/C21H28FN3O2/c1-16(26)24-10-5-11-25(13-12-24)20-9-8-18(22)15-19(20)23-21(27)14-17-6-3-2-4-7-17/h6,8-9,15H,2-5,7,10-14H2,1H3,(H,23,27). The Morgan fingerprint density at radius 3 is 2.70 bits per heavy atom. The van der Waals surface area contributed by atoms with E-state index in [1.165, 1.54) is 24.1 Å². The number of carbonyl (C=O) groups is 2. The van der Waals surface area contributed by atoms with Crippen molar-refractivity contribution in [2.24, 2.45) is 0 Å². The third-order valence-electron chi connectivity index (χ3n) is 5.29. The Morgan fingerprint density at radius 1 is 1.11 bits per heavy atom. The smallest absolute Gasteiger partial charge is 0.228 e. The monoisotopic (exact) mass is 373 g/mol. The molecule has 1 saturated heterocycles. The van der Waals surface area contributed by atoms with Crippen LogP contribution in [0.5, 0.6) is 0 Å². The van der Waals surface area contributed by atoms with Gasteiger partial charge >= 0.3 is 0 Å². The van der Waals surface area contributed by atoms with E-state index < -0.39 is 0 Å². The van der Waals surface area contributed by atoms with Gasteiger partial charge in [0.25, 0.3) is 0 Å². The van der Waals surface area contributed by atoms with Crippen molar-refractivity contribution < 1.29 is 14.0 Å². The first-order valence-corrected chi connectivity index (χ1v) is 9.80. The molecule has 1 N–H and O–H groups in total. The van der Waals surface area contributed by atoms with E-state index in [1.54, 1.807) is 13.0 Å². The third kappa shape index (κ3) is 5.31. The quantitative estimate of drug-likeness (QED) is 0.819. The van der Waals surface area contributed by atoms with Gasteiger partial charge in [0.15, 0.2) is 0 Å². The topological polar surface area (TPSA) is 52.7 Å². The second-order valence-corrected chi connectivity index (χ2v) is 7.34. The minimum Gasteiger partial charge on any atom is -0.368 e. The molecule has 0 unspecified atom stereocenters. The number of allylic oxidation sites excluding steroid dienone is 1. The molecule has 0 radical (unpaired) electrons. The maximum absolute atomic E-state index is 13.8. The van der Waals surface area contributed by atoms with Crippen LogP contribution in [0.15, 0.2) is 29.8 Å². The van der Waals surface area contributed by atoms with Gasteiger partial charge in [-0.15, -0.1) is 0 Å². The van der Waals surface area contributed by atoms with Crippen molar-refractivity contribution in [1.82, 2.24) is 4.90 Å². The van der Waals surface area contributed by atoms with Crippen molar-refractivity contribution in [2.45, 2.75) is 45.4 Å². The van der Waals surface area contributed by atoms with Crippen LogP contribution in [0, 0.1) is 5.82 Å². The first-order valence-electron chi connectivity index (χ1n) is 9.80. The molecule has 3 rings (SSSR count). The van der Waals surface area contributed by atoms with Gasteiger partial charge in [0.2, 0.25) is 11.8 Å². The molecule has 146 valence electrons. The van der Waals surface area contributed by atoms with Crippen LogP contribution in [-0.2, 0) is 9.59 Å². The van der Waals surface area contributed by atoms with Gasteiger partial charge in [-0.1, -0.05) is 11.6 Å². The lowest BCUT2D eigenvalue weighted by Gasteiger charge is -2.26. The number of nitrogens with one attached hydrogen (secondary N) is 1. The highest BCUT2D eigenvalue weighted by Crippen LogP contribution is 2.29. The normalized spacial score (nSPS) is 17.9. The van der Waals surface area contributed by atoms with Crippen molar-refractivity contribution in [2.75, 3.05) is 36.4 Å². The van der Waals surface area contributed by atoms with E-state index in [4.69, 9.17) is 0 Å². The van der Waals surface area contributed by atoms with E-state index in [-0.39, 0.29) is 17.6 Å². The van der Waals surface area contributed by atoms with Gasteiger partial charge < -0.3 is 15.1 Å². The van der Waals surface area contributed by atoms with Crippen LogP contribution in [0.4, 0.5) is 15.8 Å². The molecule has 0 bridgehead atoms. The zero-order chi connectivity index (χ0) is 19.2. The average molecular weight is 373 g/mol. The molecule has 0 atom stereocenters. The highest BCUT2D eigenvalue weighted by Gasteiger charge is 2.20. The number of anilines is 2. The van der Waals surface area contributed by atoms with Crippen LogP contribution in [0.25, 0.3) is 0 Å². The largest absolute Gasteiger partial charge is 0.368 e. The Hall–Kier alpha value is -2.37. The van der Waals surface area contributed by atoms with E-state index in [0.717, 1.165) is 44.5 Å². The molecular weight excluding hydrogens is 345 g/mol. The molecule has 0 aromatic heterocycles. The average Bonchev–Trinajstić information content (AvgIpc) is 2.89. The SMILES string of the molecule is CC(=O)N1CCCN(c2ccc(F)cc2NC(=O)CC2=CCCCC2)CC1. The van der Waals surface area contributed by atoms with E-state index in [9.17, 15) is 14.0 Å². The minimum absolute atomic E-state index is 0.0743. The highest BCUT2D eigenvalue weighted by molar-refractivity contribution is 5.95.